The second-order valence-corrected chi connectivity index (χ2v) is 5.92. The van der Waals surface area contributed by atoms with Gasteiger partial charge in [-0.05, 0) is 24.1 Å². The van der Waals surface area contributed by atoms with Crippen molar-refractivity contribution < 1.29 is 4.79 Å². The SMILES string of the molecule is CCC[C@H](C(=O)NCc1nncn1-c1ccccc1)c1ccccc1. The minimum atomic E-state index is -0.140. The second kappa shape index (κ2) is 8.24. The maximum Gasteiger partial charge on any atom is 0.227 e. The fourth-order valence-electron chi connectivity index (χ4n) is 2.90. The highest BCUT2D eigenvalue weighted by atomic mass is 16.1. The van der Waals surface area contributed by atoms with Crippen molar-refractivity contribution >= 4 is 5.91 Å². The van der Waals surface area contributed by atoms with Gasteiger partial charge in [-0.2, -0.15) is 0 Å². The van der Waals surface area contributed by atoms with Crippen LogP contribution in [0.2, 0.25) is 0 Å². The molecular formula is C20H22N4O. The van der Waals surface area contributed by atoms with Crippen LogP contribution in [-0.4, -0.2) is 20.7 Å². The lowest BCUT2D eigenvalue weighted by Crippen LogP contribution is -2.30. The molecule has 1 amide bonds. The average molecular weight is 334 g/mol. The zero-order chi connectivity index (χ0) is 17.5. The predicted octanol–water partition coefficient (Wildman–Crippen LogP) is 3.47. The monoisotopic (exact) mass is 334 g/mol. The molecule has 0 unspecified atom stereocenters. The van der Waals surface area contributed by atoms with Crippen molar-refractivity contribution in [1.82, 2.24) is 20.1 Å². The molecule has 25 heavy (non-hydrogen) atoms. The highest BCUT2D eigenvalue weighted by Crippen LogP contribution is 2.21. The summed E-state index contributed by atoms with van der Waals surface area (Å²) in [7, 11) is 0. The molecule has 1 N–H and O–H groups in total. The first-order chi connectivity index (χ1) is 12.3. The van der Waals surface area contributed by atoms with Crippen LogP contribution in [0.15, 0.2) is 67.0 Å². The first kappa shape index (κ1) is 16.9. The van der Waals surface area contributed by atoms with E-state index in [0.717, 1.165) is 24.1 Å². The van der Waals surface area contributed by atoms with E-state index in [2.05, 4.69) is 22.4 Å². The van der Waals surface area contributed by atoms with E-state index >= 15 is 0 Å². The maximum absolute atomic E-state index is 12.7. The van der Waals surface area contributed by atoms with E-state index in [0.29, 0.717) is 12.4 Å². The normalized spacial score (nSPS) is 11.9. The first-order valence-corrected chi connectivity index (χ1v) is 8.56. The van der Waals surface area contributed by atoms with E-state index in [9.17, 15) is 4.79 Å². The molecule has 0 aliphatic rings. The number of nitrogens with one attached hydrogen (secondary N) is 1. The van der Waals surface area contributed by atoms with Crippen LogP contribution in [-0.2, 0) is 11.3 Å². The molecular weight excluding hydrogens is 312 g/mol. The molecule has 0 radical (unpaired) electrons. The Morgan fingerprint density at radius 2 is 1.76 bits per heavy atom. The Kier molecular flexibility index (Phi) is 5.57. The van der Waals surface area contributed by atoms with Crippen molar-refractivity contribution in [2.75, 3.05) is 0 Å². The smallest absolute Gasteiger partial charge is 0.227 e. The molecule has 0 bridgehead atoms. The average Bonchev–Trinajstić information content (AvgIpc) is 3.14. The van der Waals surface area contributed by atoms with Gasteiger partial charge in [0.1, 0.15) is 6.33 Å². The molecule has 2 aromatic carbocycles. The minimum Gasteiger partial charge on any atom is -0.348 e. The number of amides is 1. The Balaban J connectivity index is 1.71. The molecule has 5 heteroatoms. The van der Waals surface area contributed by atoms with E-state index in [1.165, 1.54) is 0 Å². The molecule has 0 saturated carbocycles. The van der Waals surface area contributed by atoms with E-state index < -0.39 is 0 Å². The highest BCUT2D eigenvalue weighted by Gasteiger charge is 2.20. The van der Waals surface area contributed by atoms with Gasteiger partial charge >= 0.3 is 0 Å². The number of hydrogen-bond acceptors (Lipinski definition) is 3. The highest BCUT2D eigenvalue weighted by molar-refractivity contribution is 5.83. The standard InChI is InChI=1S/C20H22N4O/c1-2-9-18(16-10-5-3-6-11-16)20(25)21-14-19-23-22-15-24(19)17-12-7-4-8-13-17/h3-8,10-13,15,18H,2,9,14H2,1H3,(H,21,25)/t18-/m0/s1. The van der Waals surface area contributed by atoms with Gasteiger partial charge < -0.3 is 5.32 Å². The molecule has 0 aliphatic heterocycles. The van der Waals surface area contributed by atoms with E-state index in [1.807, 2.05) is 65.2 Å². The summed E-state index contributed by atoms with van der Waals surface area (Å²) in [4.78, 5) is 12.7. The van der Waals surface area contributed by atoms with Crippen molar-refractivity contribution in [3.05, 3.63) is 78.4 Å². The van der Waals surface area contributed by atoms with Crippen LogP contribution in [0, 0.1) is 0 Å². The lowest BCUT2D eigenvalue weighted by atomic mass is 9.94. The lowest BCUT2D eigenvalue weighted by molar-refractivity contribution is -0.122. The summed E-state index contributed by atoms with van der Waals surface area (Å²) >= 11 is 0. The van der Waals surface area contributed by atoms with Crippen molar-refractivity contribution in [2.45, 2.75) is 32.2 Å². The number of benzene rings is 2. The zero-order valence-corrected chi connectivity index (χ0v) is 14.3. The Morgan fingerprint density at radius 1 is 1.08 bits per heavy atom. The van der Waals surface area contributed by atoms with Crippen molar-refractivity contribution in [2.24, 2.45) is 0 Å². The summed E-state index contributed by atoms with van der Waals surface area (Å²) in [5, 5.41) is 11.1. The van der Waals surface area contributed by atoms with Crippen LogP contribution >= 0.6 is 0 Å². The fraction of sp³-hybridized carbons (Fsp3) is 0.250. The van der Waals surface area contributed by atoms with E-state index in [-0.39, 0.29) is 11.8 Å². The topological polar surface area (TPSA) is 59.8 Å². The molecule has 0 fully saturated rings. The number of hydrogen-bond donors (Lipinski definition) is 1. The summed E-state index contributed by atoms with van der Waals surface area (Å²) in [6.45, 7) is 2.44. The summed E-state index contributed by atoms with van der Waals surface area (Å²) in [5.74, 6) is 0.595. The van der Waals surface area contributed by atoms with Crippen LogP contribution in [0.5, 0.6) is 0 Å². The molecule has 3 rings (SSSR count). The molecule has 1 heterocycles. The number of carbonyl (C=O) groups is 1. The maximum atomic E-state index is 12.7. The number of nitrogens with zero attached hydrogens (tertiary/aromatic N) is 3. The van der Waals surface area contributed by atoms with Gasteiger partial charge in [-0.1, -0.05) is 61.9 Å². The number of rotatable bonds is 7. The third-order valence-electron chi connectivity index (χ3n) is 4.17. The van der Waals surface area contributed by atoms with Gasteiger partial charge in [0, 0.05) is 5.69 Å². The minimum absolute atomic E-state index is 0.0238. The largest absolute Gasteiger partial charge is 0.348 e. The number of carbonyl (C=O) groups excluding carboxylic acids is 1. The molecule has 1 atom stereocenters. The fourth-order valence-corrected chi connectivity index (χ4v) is 2.90. The molecule has 0 saturated heterocycles. The van der Waals surface area contributed by atoms with Crippen LogP contribution in [0.25, 0.3) is 5.69 Å². The van der Waals surface area contributed by atoms with Crippen LogP contribution in [0.4, 0.5) is 0 Å². The van der Waals surface area contributed by atoms with E-state index in [4.69, 9.17) is 0 Å². The van der Waals surface area contributed by atoms with Crippen molar-refractivity contribution in [3.63, 3.8) is 0 Å². The Morgan fingerprint density at radius 3 is 2.44 bits per heavy atom. The zero-order valence-electron chi connectivity index (χ0n) is 14.3. The molecule has 3 aromatic rings. The quantitative estimate of drug-likeness (QED) is 0.720. The van der Waals surface area contributed by atoms with Crippen LogP contribution in [0.1, 0.15) is 37.1 Å². The first-order valence-electron chi connectivity index (χ1n) is 8.56. The summed E-state index contributed by atoms with van der Waals surface area (Å²) < 4.78 is 1.89. The lowest BCUT2D eigenvalue weighted by Gasteiger charge is -2.16. The van der Waals surface area contributed by atoms with Crippen LogP contribution in [0.3, 0.4) is 0 Å². The Bertz CT molecular complexity index is 799. The molecule has 0 aliphatic carbocycles. The molecule has 128 valence electrons. The van der Waals surface area contributed by atoms with Gasteiger partial charge in [0.25, 0.3) is 0 Å². The Labute approximate surface area is 147 Å². The Hall–Kier alpha value is -2.95. The van der Waals surface area contributed by atoms with Crippen LogP contribution < -0.4 is 5.32 Å². The summed E-state index contributed by atoms with van der Waals surface area (Å²) in [6.07, 6.45) is 3.44. The predicted molar refractivity (Wildman–Crippen MR) is 97.3 cm³/mol. The summed E-state index contributed by atoms with van der Waals surface area (Å²) in [6, 6.07) is 19.8. The third kappa shape index (κ3) is 4.12. The summed E-state index contributed by atoms with van der Waals surface area (Å²) in [5.41, 5.74) is 2.02. The van der Waals surface area contributed by atoms with Gasteiger partial charge in [-0.15, -0.1) is 10.2 Å². The third-order valence-corrected chi connectivity index (χ3v) is 4.17. The molecule has 1 aromatic heterocycles. The van der Waals surface area contributed by atoms with Gasteiger partial charge in [-0.25, -0.2) is 0 Å². The van der Waals surface area contributed by atoms with Gasteiger partial charge in [0.05, 0.1) is 12.5 Å². The molecule has 0 spiro atoms. The van der Waals surface area contributed by atoms with Gasteiger partial charge in [0.15, 0.2) is 5.82 Å². The second-order valence-electron chi connectivity index (χ2n) is 5.92. The van der Waals surface area contributed by atoms with Crippen molar-refractivity contribution in [1.29, 1.82) is 0 Å². The number of para-hydroxylation sites is 1. The van der Waals surface area contributed by atoms with Crippen molar-refractivity contribution in [3.8, 4) is 5.69 Å². The van der Waals surface area contributed by atoms with Gasteiger partial charge in [0.2, 0.25) is 5.91 Å². The van der Waals surface area contributed by atoms with E-state index in [1.54, 1.807) is 6.33 Å². The molecule has 5 nitrogen and oxygen atoms in total. The number of aromatic nitrogens is 3. The van der Waals surface area contributed by atoms with Gasteiger partial charge in [-0.3, -0.25) is 9.36 Å².